The Morgan fingerprint density at radius 2 is 1.24 bits per heavy atom. The van der Waals surface area contributed by atoms with Crippen molar-refractivity contribution in [2.24, 2.45) is 0 Å². The van der Waals surface area contributed by atoms with Gasteiger partial charge in [-0.25, -0.2) is 0 Å². The first-order chi connectivity index (χ1) is 33.9. The van der Waals surface area contributed by atoms with Crippen molar-refractivity contribution >= 4 is 81.3 Å². The van der Waals surface area contributed by atoms with Crippen molar-refractivity contribution in [3.63, 3.8) is 0 Å². The zero-order valence-electron chi connectivity index (χ0n) is 44.2. The number of hydrogen-bond acceptors (Lipinski definition) is 3. The molecule has 0 fully saturated rings. The molecule has 0 amide bonds. The zero-order valence-corrected chi connectivity index (χ0v) is 32.0. The Hall–Kier alpha value is -6.94. The lowest BCUT2D eigenvalue weighted by Gasteiger charge is -2.28. The molecule has 0 aliphatic heterocycles. The normalized spacial score (nSPS) is 16.3. The summed E-state index contributed by atoms with van der Waals surface area (Å²) in [7, 11) is 0. The van der Waals surface area contributed by atoms with E-state index in [0.717, 1.165) is 45.0 Å². The first-order valence-electron chi connectivity index (χ1n) is 25.4. The molecule has 12 rings (SSSR count). The van der Waals surface area contributed by atoms with Crippen LogP contribution in [0.1, 0.15) is 42.8 Å². The summed E-state index contributed by atoms with van der Waals surface area (Å²) in [5.74, 6) is 0. The van der Waals surface area contributed by atoms with E-state index in [-0.39, 0.29) is 81.5 Å². The van der Waals surface area contributed by atoms with Gasteiger partial charge in [0.2, 0.25) is 0 Å². The number of benzene rings is 9. The molecule has 0 unspecified atom stereocenters. The van der Waals surface area contributed by atoms with Crippen LogP contribution in [0.5, 0.6) is 0 Å². The largest absolute Gasteiger partial charge is 0.456 e. The van der Waals surface area contributed by atoms with E-state index in [1.165, 1.54) is 11.1 Å². The van der Waals surface area contributed by atoms with Crippen LogP contribution in [0.2, 0.25) is 0 Å². The molecule has 0 radical (unpaired) electrons. The van der Waals surface area contributed by atoms with E-state index in [9.17, 15) is 9.60 Å². The fourth-order valence-electron chi connectivity index (χ4n) is 8.66. The van der Waals surface area contributed by atoms with Gasteiger partial charge in [0.1, 0.15) is 11.2 Å². The van der Waals surface area contributed by atoms with E-state index in [0.29, 0.717) is 5.69 Å². The van der Waals surface area contributed by atoms with E-state index >= 15 is 0 Å². The van der Waals surface area contributed by atoms with Gasteiger partial charge >= 0.3 is 0 Å². The first-order valence-corrected chi connectivity index (χ1v) is 19.8. The fraction of sp³-hybridized carbons (Fsp3) is 0.0545. The second-order valence-electron chi connectivity index (χ2n) is 15.1. The van der Waals surface area contributed by atoms with E-state index in [1.807, 2.05) is 71.6 Å². The highest BCUT2D eigenvalue weighted by molar-refractivity contribution is 7.25. The number of nitrogens with zero attached hydrogens (tertiary/aromatic N) is 1. The van der Waals surface area contributed by atoms with Gasteiger partial charge in [-0.1, -0.05) is 135 Å². The van der Waals surface area contributed by atoms with Crippen LogP contribution in [0.3, 0.4) is 0 Å². The van der Waals surface area contributed by atoms with E-state index < -0.39 is 66.5 Å². The molecule has 0 saturated heterocycles. The summed E-state index contributed by atoms with van der Waals surface area (Å²) in [6, 6.07) is 30.2. The number of fused-ring (bicyclic) bond motifs is 11. The molecule has 3 heteroatoms. The number of thiophene rings is 1. The maximum Gasteiger partial charge on any atom is 0.137 e. The summed E-state index contributed by atoms with van der Waals surface area (Å²) >= 11 is 0.848. The minimum Gasteiger partial charge on any atom is -0.456 e. The lowest BCUT2D eigenvalue weighted by atomic mass is 9.82. The second kappa shape index (κ2) is 12.5. The Bertz CT molecular complexity index is 4180. The minimum atomic E-state index is -0.613. The molecule has 0 bridgehead atoms. The van der Waals surface area contributed by atoms with Crippen LogP contribution in [-0.4, -0.2) is 0 Å². The maximum atomic E-state index is 9.94. The third-order valence-corrected chi connectivity index (χ3v) is 12.5. The molecule has 0 atom stereocenters. The van der Waals surface area contributed by atoms with Crippen molar-refractivity contribution in [2.45, 2.75) is 19.3 Å². The Balaban J connectivity index is 1.13. The molecular weight excluding hydrogens is 723 g/mol. The molecule has 274 valence electrons. The van der Waals surface area contributed by atoms with Crippen molar-refractivity contribution in [1.82, 2.24) is 0 Å². The second-order valence-corrected chi connectivity index (χ2v) is 16.1. The van der Waals surface area contributed by atoms with Gasteiger partial charge in [0.25, 0.3) is 0 Å². The topological polar surface area (TPSA) is 16.4 Å². The number of furan rings is 1. The smallest absolute Gasteiger partial charge is 0.137 e. The average molecular weight is 773 g/mol. The molecule has 0 N–H and O–H groups in total. The van der Waals surface area contributed by atoms with Crippen LogP contribution >= 0.6 is 11.3 Å². The Kier molecular flexibility index (Phi) is 4.91. The summed E-state index contributed by atoms with van der Waals surface area (Å²) in [5.41, 5.74) is 7.95. The molecule has 2 heterocycles. The van der Waals surface area contributed by atoms with Gasteiger partial charge in [-0.15, -0.1) is 11.3 Å². The standard InChI is InChI=1S/C55H37NOS/c1-55(2)47-16-8-6-13-42(47)43-28-26-39(32-48(43)55)56(38-24-21-35(22-25-38)34-11-4-3-5-12-34)40-27-29-44-50(33-40)57-49-30-23-36-19-20-37(31-46(36)53(44)49)41-15-10-18-52-54(41)45-14-7-9-17-51(45)58-52/h3-33H,1-2H3/i7D,9D,10D,14D,15D,17D,18D,19D,20D,23D,29D,30D,31D. The SMILES string of the molecule is [2H]c1c([2H])c([2H])c2c(sc3c([2H])c([2H])c([2H])c(-c4c([2H])c([2H])c5c([2H])c([2H])c6oc7cc(N(c8ccc(-c9ccccc9)cc8)c8ccc9c(c8)C(C)(C)c8ccccc8-9)cc([2H])c7c6c5c4[2H])c32)c1[2H]. The van der Waals surface area contributed by atoms with Gasteiger partial charge in [0.05, 0.1) is 17.8 Å². The zero-order chi connectivity index (χ0) is 49.8. The molecule has 9 aromatic carbocycles. The molecule has 11 aromatic rings. The minimum absolute atomic E-state index is 0.0261. The predicted octanol–water partition coefficient (Wildman–Crippen LogP) is 16.2. The molecule has 58 heavy (non-hydrogen) atoms. The fourth-order valence-corrected chi connectivity index (χ4v) is 9.63. The quantitative estimate of drug-likeness (QED) is 0.173. The van der Waals surface area contributed by atoms with E-state index in [4.69, 9.17) is 12.6 Å². The van der Waals surface area contributed by atoms with Crippen molar-refractivity contribution in [2.75, 3.05) is 4.90 Å². The average Bonchev–Trinajstić information content (AvgIpc) is 4.03. The molecule has 0 spiro atoms. The predicted molar refractivity (Wildman–Crippen MR) is 247 cm³/mol. The monoisotopic (exact) mass is 772 g/mol. The summed E-state index contributed by atoms with van der Waals surface area (Å²) in [6.07, 6.45) is 0. The third-order valence-electron chi connectivity index (χ3n) is 11.5. The summed E-state index contributed by atoms with van der Waals surface area (Å²) in [6.45, 7) is 4.41. The lowest BCUT2D eigenvalue weighted by Crippen LogP contribution is -2.16. The summed E-state index contributed by atoms with van der Waals surface area (Å²) in [5, 5.41) is -0.138. The summed E-state index contributed by atoms with van der Waals surface area (Å²) in [4.78, 5) is 2.03. The van der Waals surface area contributed by atoms with Crippen LogP contribution in [0, 0.1) is 0 Å². The summed E-state index contributed by atoms with van der Waals surface area (Å²) < 4.78 is 125. The molecule has 2 aromatic heterocycles. The highest BCUT2D eigenvalue weighted by Gasteiger charge is 2.35. The van der Waals surface area contributed by atoms with Crippen molar-refractivity contribution < 1.29 is 22.2 Å². The van der Waals surface area contributed by atoms with Crippen molar-refractivity contribution in [1.29, 1.82) is 0 Å². The number of rotatable bonds is 5. The van der Waals surface area contributed by atoms with Gasteiger partial charge in [-0.05, 0) is 116 Å². The molecule has 1 aliphatic rings. The van der Waals surface area contributed by atoms with Crippen LogP contribution < -0.4 is 4.90 Å². The first kappa shape index (κ1) is 22.7. The highest BCUT2D eigenvalue weighted by atomic mass is 32.1. The molecule has 1 aliphatic carbocycles. The number of hydrogen-bond donors (Lipinski definition) is 0. The Labute approximate surface area is 359 Å². The van der Waals surface area contributed by atoms with Gasteiger partial charge in [-0.3, -0.25) is 0 Å². The maximum absolute atomic E-state index is 9.94. The van der Waals surface area contributed by atoms with Gasteiger partial charge in [0, 0.05) is 59.5 Å². The van der Waals surface area contributed by atoms with E-state index in [2.05, 4.69) is 44.2 Å². The number of anilines is 3. The van der Waals surface area contributed by atoms with Crippen LogP contribution in [-0.2, 0) is 5.41 Å². The molecule has 0 saturated carbocycles. The third kappa shape index (κ3) is 4.97. The van der Waals surface area contributed by atoms with E-state index in [1.54, 1.807) is 12.1 Å². The van der Waals surface area contributed by atoms with Crippen molar-refractivity contribution in [3.8, 4) is 33.4 Å². The molecule has 2 nitrogen and oxygen atoms in total. The van der Waals surface area contributed by atoms with Gasteiger partial charge in [0.15, 0.2) is 0 Å². The Morgan fingerprint density at radius 1 is 0.500 bits per heavy atom. The lowest BCUT2D eigenvalue weighted by molar-refractivity contribution is 0.660. The van der Waals surface area contributed by atoms with Crippen LogP contribution in [0.25, 0.3) is 86.3 Å². The Morgan fingerprint density at radius 3 is 2.14 bits per heavy atom. The molecular formula is C55H37NOS. The van der Waals surface area contributed by atoms with Gasteiger partial charge in [-0.2, -0.15) is 0 Å². The van der Waals surface area contributed by atoms with Crippen LogP contribution in [0.4, 0.5) is 17.1 Å². The highest BCUT2D eigenvalue weighted by Crippen LogP contribution is 2.51. The van der Waals surface area contributed by atoms with Gasteiger partial charge < -0.3 is 9.32 Å². The van der Waals surface area contributed by atoms with Crippen molar-refractivity contribution in [3.05, 3.63) is 199 Å². The van der Waals surface area contributed by atoms with Crippen LogP contribution in [0.15, 0.2) is 192 Å².